The van der Waals surface area contributed by atoms with Crippen LogP contribution in [0.15, 0.2) is 65.6 Å². The second kappa shape index (κ2) is 7.58. The Kier molecular flexibility index (Phi) is 5.11. The Morgan fingerprint density at radius 3 is 2.76 bits per heavy atom. The molecule has 0 unspecified atom stereocenters. The average Bonchev–Trinajstić information content (AvgIpc) is 3.23. The van der Waals surface area contributed by atoms with Crippen molar-refractivity contribution in [2.75, 3.05) is 0 Å². The van der Waals surface area contributed by atoms with E-state index in [4.69, 9.17) is 8.94 Å². The fourth-order valence-corrected chi connectivity index (χ4v) is 4.30. The summed E-state index contributed by atoms with van der Waals surface area (Å²) in [4.78, 5) is 16.3. The van der Waals surface area contributed by atoms with E-state index in [1.54, 1.807) is 6.92 Å². The molecular weight excluding hydrogens is 464 g/mol. The zero-order valence-corrected chi connectivity index (χ0v) is 17.5. The van der Waals surface area contributed by atoms with E-state index >= 15 is 0 Å². The van der Waals surface area contributed by atoms with Crippen LogP contribution in [0.1, 0.15) is 17.3 Å². The first-order chi connectivity index (χ1) is 13.8. The van der Waals surface area contributed by atoms with E-state index in [1.165, 1.54) is 22.8 Å². The molecule has 0 aliphatic carbocycles. The quantitative estimate of drug-likeness (QED) is 0.451. The summed E-state index contributed by atoms with van der Waals surface area (Å²) < 4.78 is 40.1. The lowest BCUT2D eigenvalue weighted by atomic mass is 10.2. The van der Waals surface area contributed by atoms with Gasteiger partial charge in [0.2, 0.25) is 15.9 Å². The first-order valence-corrected chi connectivity index (χ1v) is 10.8. The van der Waals surface area contributed by atoms with Crippen LogP contribution in [-0.2, 0) is 23.1 Å². The lowest BCUT2D eigenvalue weighted by Gasteiger charge is -2.07. The molecule has 0 saturated heterocycles. The Morgan fingerprint density at radius 1 is 1.21 bits per heavy atom. The minimum atomic E-state index is -3.80. The topological polar surface area (TPSA) is 120 Å². The molecule has 1 N–H and O–H groups in total. The summed E-state index contributed by atoms with van der Waals surface area (Å²) in [5.74, 6) is 0.0598. The highest BCUT2D eigenvalue weighted by atomic mass is 79.9. The van der Waals surface area contributed by atoms with Crippen molar-refractivity contribution in [1.29, 1.82) is 0 Å². The van der Waals surface area contributed by atoms with Gasteiger partial charge in [0.15, 0.2) is 11.4 Å². The summed E-state index contributed by atoms with van der Waals surface area (Å²) in [5, 5.41) is 3.76. The Bertz CT molecular complexity index is 1360. The molecule has 0 fully saturated rings. The van der Waals surface area contributed by atoms with Gasteiger partial charge in [-0.3, -0.25) is 4.57 Å². The van der Waals surface area contributed by atoms with Crippen molar-refractivity contribution < 1.29 is 17.4 Å². The number of halogens is 1. The molecule has 0 atom stereocenters. The number of rotatable bonds is 6. The van der Waals surface area contributed by atoms with Gasteiger partial charge in [0.1, 0.15) is 0 Å². The first kappa shape index (κ1) is 19.6. The number of fused-ring (bicyclic) bond motifs is 1. The van der Waals surface area contributed by atoms with E-state index in [2.05, 4.69) is 30.8 Å². The number of aryl methyl sites for hydroxylation is 1. The van der Waals surface area contributed by atoms with Crippen molar-refractivity contribution in [1.82, 2.24) is 19.4 Å². The van der Waals surface area contributed by atoms with Crippen LogP contribution in [0, 0.1) is 6.92 Å². The maximum Gasteiger partial charge on any atom is 0.420 e. The van der Waals surface area contributed by atoms with Crippen LogP contribution in [-0.4, -0.2) is 23.1 Å². The molecule has 0 amide bonds. The molecule has 150 valence electrons. The van der Waals surface area contributed by atoms with Gasteiger partial charge >= 0.3 is 5.76 Å². The molecule has 4 aromatic rings. The molecule has 0 aliphatic heterocycles. The highest BCUT2D eigenvalue weighted by molar-refractivity contribution is 9.10. The normalized spacial score (nSPS) is 11.9. The number of oxazole rings is 1. The molecule has 29 heavy (non-hydrogen) atoms. The molecule has 0 radical (unpaired) electrons. The minimum absolute atomic E-state index is 0.00342. The van der Waals surface area contributed by atoms with Crippen LogP contribution in [0.2, 0.25) is 0 Å². The molecule has 0 saturated carbocycles. The zero-order chi connectivity index (χ0) is 20.6. The Labute approximate surface area is 173 Å². The number of hydrogen-bond acceptors (Lipinski definition) is 7. The maximum atomic E-state index is 12.6. The summed E-state index contributed by atoms with van der Waals surface area (Å²) >= 11 is 3.35. The minimum Gasteiger partial charge on any atom is -0.408 e. The van der Waals surface area contributed by atoms with Crippen LogP contribution in [0.25, 0.3) is 11.1 Å². The van der Waals surface area contributed by atoms with Crippen LogP contribution >= 0.6 is 15.9 Å². The number of nitrogens with zero attached hydrogens (tertiary/aromatic N) is 3. The van der Waals surface area contributed by atoms with Gasteiger partial charge in [-0.25, -0.2) is 17.9 Å². The van der Waals surface area contributed by atoms with E-state index in [1.807, 2.05) is 24.3 Å². The van der Waals surface area contributed by atoms with E-state index in [9.17, 15) is 13.2 Å². The van der Waals surface area contributed by atoms with E-state index in [0.717, 1.165) is 10.0 Å². The van der Waals surface area contributed by atoms with E-state index < -0.39 is 15.8 Å². The van der Waals surface area contributed by atoms with Gasteiger partial charge in [-0.2, -0.15) is 4.98 Å². The molecule has 2 heterocycles. The molecule has 2 aromatic carbocycles. The second-order valence-electron chi connectivity index (χ2n) is 6.27. The fraction of sp³-hybridized carbons (Fsp3) is 0.167. The second-order valence-corrected chi connectivity index (χ2v) is 8.95. The highest BCUT2D eigenvalue weighted by Gasteiger charge is 2.18. The van der Waals surface area contributed by atoms with Crippen LogP contribution in [0.3, 0.4) is 0 Å². The van der Waals surface area contributed by atoms with Crippen molar-refractivity contribution in [3.63, 3.8) is 0 Å². The van der Waals surface area contributed by atoms with Gasteiger partial charge in [0.05, 0.1) is 17.0 Å². The summed E-state index contributed by atoms with van der Waals surface area (Å²) in [6.07, 6.45) is 0. The monoisotopic (exact) mass is 478 g/mol. The third-order valence-electron chi connectivity index (χ3n) is 4.17. The number of hydrogen-bond donors (Lipinski definition) is 1. The molecular formula is C18H15BrN4O5S. The van der Waals surface area contributed by atoms with E-state index in [-0.39, 0.29) is 23.6 Å². The third kappa shape index (κ3) is 4.16. The van der Waals surface area contributed by atoms with Gasteiger partial charge < -0.3 is 8.94 Å². The predicted octanol–water partition coefficient (Wildman–Crippen LogP) is 2.58. The number of sulfonamides is 1. The van der Waals surface area contributed by atoms with Gasteiger partial charge in [-0.1, -0.05) is 33.2 Å². The van der Waals surface area contributed by atoms with Gasteiger partial charge in [-0.15, -0.1) is 0 Å². The van der Waals surface area contributed by atoms with Crippen LogP contribution in [0.5, 0.6) is 0 Å². The van der Waals surface area contributed by atoms with Crippen molar-refractivity contribution >= 4 is 37.1 Å². The largest absolute Gasteiger partial charge is 0.420 e. The Hall–Kier alpha value is -2.76. The van der Waals surface area contributed by atoms with Gasteiger partial charge in [-0.05, 0) is 29.8 Å². The first-order valence-electron chi connectivity index (χ1n) is 8.48. The Morgan fingerprint density at radius 2 is 2.03 bits per heavy atom. The molecule has 11 heteroatoms. The van der Waals surface area contributed by atoms with Crippen molar-refractivity contribution in [2.24, 2.45) is 0 Å². The van der Waals surface area contributed by atoms with Crippen LogP contribution < -0.4 is 10.5 Å². The van der Waals surface area contributed by atoms with Crippen molar-refractivity contribution in [3.8, 4) is 0 Å². The van der Waals surface area contributed by atoms with Gasteiger partial charge in [0.25, 0.3) is 0 Å². The maximum absolute atomic E-state index is 12.6. The fourth-order valence-electron chi connectivity index (χ4n) is 2.82. The zero-order valence-electron chi connectivity index (χ0n) is 15.1. The summed E-state index contributed by atoms with van der Waals surface area (Å²) in [7, 11) is -3.80. The Balaban J connectivity index is 1.60. The highest BCUT2D eigenvalue weighted by Crippen LogP contribution is 2.20. The number of nitrogens with one attached hydrogen (secondary N) is 1. The standard InChI is InChI=1S/C18H15BrN4O5S/c1-11-21-17(22-28-11)10-23-15-6-5-14(8-16(15)27-18(23)24)29(25,26)20-9-12-3-2-4-13(19)7-12/h2-8,20H,9-10H2,1H3. The third-order valence-corrected chi connectivity index (χ3v) is 6.07. The van der Waals surface area contributed by atoms with Crippen molar-refractivity contribution in [3.05, 3.63) is 74.8 Å². The molecule has 0 aliphatic rings. The molecule has 2 aromatic heterocycles. The number of benzene rings is 2. The molecule has 0 bridgehead atoms. The molecule has 9 nitrogen and oxygen atoms in total. The smallest absolute Gasteiger partial charge is 0.408 e. The lowest BCUT2D eigenvalue weighted by Crippen LogP contribution is -2.23. The predicted molar refractivity (Wildman–Crippen MR) is 107 cm³/mol. The van der Waals surface area contributed by atoms with E-state index in [0.29, 0.717) is 17.2 Å². The summed E-state index contributed by atoms with van der Waals surface area (Å²) in [5.41, 5.74) is 1.39. The van der Waals surface area contributed by atoms with Crippen molar-refractivity contribution in [2.45, 2.75) is 24.9 Å². The average molecular weight is 479 g/mol. The molecule has 4 rings (SSSR count). The number of aromatic nitrogens is 3. The molecule has 0 spiro atoms. The summed E-state index contributed by atoms with van der Waals surface area (Å²) in [6.45, 7) is 1.82. The summed E-state index contributed by atoms with van der Waals surface area (Å²) in [6, 6.07) is 11.6. The van der Waals surface area contributed by atoms with Crippen LogP contribution in [0.4, 0.5) is 0 Å². The lowest BCUT2D eigenvalue weighted by molar-refractivity contribution is 0.385. The SMILES string of the molecule is Cc1nc(Cn2c(=O)oc3cc(S(=O)(=O)NCc4cccc(Br)c4)ccc32)no1. The van der Waals surface area contributed by atoms with Gasteiger partial charge in [0, 0.05) is 24.0 Å².